The Balaban J connectivity index is 1.74. The van der Waals surface area contributed by atoms with Gasteiger partial charge in [-0.3, -0.25) is 4.79 Å². The molecule has 3 N–H and O–H groups in total. The van der Waals surface area contributed by atoms with Gasteiger partial charge >= 0.3 is 5.97 Å². The molecule has 0 fully saturated rings. The van der Waals surface area contributed by atoms with E-state index in [2.05, 4.69) is 10.0 Å². The molecule has 0 aliphatic carbocycles. The van der Waals surface area contributed by atoms with E-state index in [-0.39, 0.29) is 11.5 Å². The molecule has 0 saturated carbocycles. The molecular formula is C23H21ClN2O7S. The van der Waals surface area contributed by atoms with E-state index in [0.29, 0.717) is 22.2 Å². The summed E-state index contributed by atoms with van der Waals surface area (Å²) < 4.78 is 38.7. The van der Waals surface area contributed by atoms with Gasteiger partial charge in [0.15, 0.2) is 6.61 Å². The number of carbonyl (C=O) groups is 2. The summed E-state index contributed by atoms with van der Waals surface area (Å²) in [5, 5.41) is 11.7. The highest BCUT2D eigenvalue weighted by Crippen LogP contribution is 2.18. The third-order valence-corrected chi connectivity index (χ3v) is 6.12. The topological polar surface area (TPSA) is 131 Å². The summed E-state index contributed by atoms with van der Waals surface area (Å²) in [5.74, 6) is -1.02. The molecule has 0 spiro atoms. The lowest BCUT2D eigenvalue weighted by Crippen LogP contribution is -2.47. The zero-order valence-electron chi connectivity index (χ0n) is 17.7. The van der Waals surface area contributed by atoms with Gasteiger partial charge in [0.05, 0.1) is 4.90 Å². The van der Waals surface area contributed by atoms with Crippen LogP contribution in [0, 0.1) is 0 Å². The number of sulfonamides is 1. The highest BCUT2D eigenvalue weighted by Gasteiger charge is 2.27. The fraction of sp³-hybridized carbons (Fsp3) is 0.130. The van der Waals surface area contributed by atoms with E-state index in [9.17, 15) is 18.0 Å². The van der Waals surface area contributed by atoms with Gasteiger partial charge in [-0.05, 0) is 60.7 Å². The summed E-state index contributed by atoms with van der Waals surface area (Å²) in [6.45, 7) is -0.778. The van der Waals surface area contributed by atoms with Gasteiger partial charge in [0, 0.05) is 10.7 Å². The molecule has 0 heterocycles. The van der Waals surface area contributed by atoms with Gasteiger partial charge < -0.3 is 19.9 Å². The van der Waals surface area contributed by atoms with Crippen molar-refractivity contribution in [3.63, 3.8) is 0 Å². The lowest BCUT2D eigenvalue weighted by molar-refractivity contribution is -0.139. The van der Waals surface area contributed by atoms with Crippen molar-refractivity contribution in [3.8, 4) is 11.5 Å². The number of benzene rings is 3. The molecule has 178 valence electrons. The van der Waals surface area contributed by atoms with Gasteiger partial charge in [0.25, 0.3) is 0 Å². The SMILES string of the molecule is O=C(O)COc1ccc(NC(=O)[C@H](COc2ccccc2)NS(=O)(=O)c2ccc(Cl)cc2)cc1. The average Bonchev–Trinajstić information content (AvgIpc) is 2.82. The van der Waals surface area contributed by atoms with Crippen LogP contribution in [0.3, 0.4) is 0 Å². The van der Waals surface area contributed by atoms with Crippen LogP contribution in [0.1, 0.15) is 0 Å². The molecule has 9 nitrogen and oxygen atoms in total. The molecule has 0 saturated heterocycles. The van der Waals surface area contributed by atoms with Crippen molar-refractivity contribution < 1.29 is 32.6 Å². The number of carbonyl (C=O) groups excluding carboxylic acids is 1. The molecule has 0 aromatic heterocycles. The molecule has 1 atom stereocenters. The molecule has 3 aromatic carbocycles. The summed E-state index contributed by atoms with van der Waals surface area (Å²) >= 11 is 5.83. The van der Waals surface area contributed by atoms with Crippen molar-refractivity contribution in [1.29, 1.82) is 0 Å². The predicted molar refractivity (Wildman–Crippen MR) is 126 cm³/mol. The van der Waals surface area contributed by atoms with Crippen LogP contribution in [0.15, 0.2) is 83.8 Å². The van der Waals surface area contributed by atoms with Crippen molar-refractivity contribution in [1.82, 2.24) is 4.72 Å². The maximum absolute atomic E-state index is 12.9. The molecule has 0 aliphatic heterocycles. The first-order valence-corrected chi connectivity index (χ1v) is 11.8. The minimum atomic E-state index is -4.07. The minimum absolute atomic E-state index is 0.0608. The lowest BCUT2D eigenvalue weighted by Gasteiger charge is -2.19. The van der Waals surface area contributed by atoms with Gasteiger partial charge in [0.2, 0.25) is 15.9 Å². The second-order valence-electron chi connectivity index (χ2n) is 6.95. The molecular weight excluding hydrogens is 484 g/mol. The van der Waals surface area contributed by atoms with Crippen molar-refractivity contribution in [3.05, 3.63) is 83.9 Å². The maximum atomic E-state index is 12.9. The third-order valence-electron chi connectivity index (χ3n) is 4.38. The third kappa shape index (κ3) is 7.48. The molecule has 0 bridgehead atoms. The molecule has 11 heteroatoms. The largest absolute Gasteiger partial charge is 0.491 e. The van der Waals surface area contributed by atoms with Gasteiger partial charge in [-0.1, -0.05) is 29.8 Å². The quantitative estimate of drug-likeness (QED) is 0.365. The number of hydrogen-bond donors (Lipinski definition) is 3. The number of nitrogens with one attached hydrogen (secondary N) is 2. The lowest BCUT2D eigenvalue weighted by atomic mass is 10.2. The highest BCUT2D eigenvalue weighted by atomic mass is 35.5. The van der Waals surface area contributed by atoms with Crippen molar-refractivity contribution in [2.75, 3.05) is 18.5 Å². The number of carboxylic acid groups (broad SMARTS) is 1. The summed E-state index contributed by atoms with van der Waals surface area (Å²) in [4.78, 5) is 23.5. The van der Waals surface area contributed by atoms with Crippen LogP contribution in [0.25, 0.3) is 0 Å². The predicted octanol–water partition coefficient (Wildman–Crippen LogP) is 3.17. The Morgan fingerprint density at radius 3 is 2.12 bits per heavy atom. The minimum Gasteiger partial charge on any atom is -0.491 e. The zero-order valence-corrected chi connectivity index (χ0v) is 19.3. The van der Waals surface area contributed by atoms with Gasteiger partial charge in [0.1, 0.15) is 24.1 Å². The number of rotatable bonds is 11. The fourth-order valence-electron chi connectivity index (χ4n) is 2.74. The molecule has 1 amide bonds. The average molecular weight is 505 g/mol. The number of para-hydroxylation sites is 1. The van der Waals surface area contributed by atoms with Crippen LogP contribution in [-0.4, -0.2) is 44.7 Å². The Labute approximate surface area is 201 Å². The van der Waals surface area contributed by atoms with E-state index in [1.807, 2.05) is 0 Å². The highest BCUT2D eigenvalue weighted by molar-refractivity contribution is 7.89. The summed E-state index contributed by atoms with van der Waals surface area (Å²) in [5.41, 5.74) is 0.350. The number of hydrogen-bond acceptors (Lipinski definition) is 6. The summed E-state index contributed by atoms with van der Waals surface area (Å²) in [7, 11) is -4.07. The number of carboxylic acids is 1. The first-order valence-electron chi connectivity index (χ1n) is 9.94. The van der Waals surface area contributed by atoms with Crippen LogP contribution in [-0.2, 0) is 19.6 Å². The Hall–Kier alpha value is -3.60. The van der Waals surface area contributed by atoms with E-state index in [4.69, 9.17) is 26.2 Å². The van der Waals surface area contributed by atoms with Gasteiger partial charge in [-0.15, -0.1) is 0 Å². The Morgan fingerprint density at radius 2 is 1.50 bits per heavy atom. The Kier molecular flexibility index (Phi) is 8.47. The fourth-order valence-corrected chi connectivity index (χ4v) is 4.04. The van der Waals surface area contributed by atoms with E-state index < -0.39 is 34.5 Å². The van der Waals surface area contributed by atoms with Crippen LogP contribution in [0.4, 0.5) is 5.69 Å². The standard InChI is InChI=1S/C23H21ClN2O7S/c24-16-6-12-20(13-7-16)34(30,31)26-21(14-32-18-4-2-1-3-5-18)23(29)25-17-8-10-19(11-9-17)33-15-22(27)28/h1-13,21,26H,14-15H2,(H,25,29)(H,27,28)/t21-/m0/s1. The van der Waals surface area contributed by atoms with Crippen molar-refractivity contribution in [2.24, 2.45) is 0 Å². The second-order valence-corrected chi connectivity index (χ2v) is 9.10. The maximum Gasteiger partial charge on any atom is 0.341 e. The number of aliphatic carboxylic acids is 1. The van der Waals surface area contributed by atoms with Gasteiger partial charge in [-0.2, -0.15) is 4.72 Å². The van der Waals surface area contributed by atoms with Gasteiger partial charge in [-0.25, -0.2) is 13.2 Å². The smallest absolute Gasteiger partial charge is 0.341 e. The van der Waals surface area contributed by atoms with Crippen molar-refractivity contribution in [2.45, 2.75) is 10.9 Å². The molecule has 0 radical (unpaired) electrons. The van der Waals surface area contributed by atoms with Crippen molar-refractivity contribution >= 4 is 39.2 Å². The molecule has 0 aliphatic rings. The van der Waals surface area contributed by atoms with E-state index in [1.54, 1.807) is 30.3 Å². The van der Waals surface area contributed by atoms with Crippen LogP contribution < -0.4 is 19.5 Å². The van der Waals surface area contributed by atoms with Crippen LogP contribution in [0.2, 0.25) is 5.02 Å². The summed E-state index contributed by atoms with van der Waals surface area (Å²) in [6.07, 6.45) is 0. The molecule has 3 rings (SSSR count). The molecule has 3 aromatic rings. The van der Waals surface area contributed by atoms with E-state index >= 15 is 0 Å². The first kappa shape index (κ1) is 25.0. The molecule has 0 unspecified atom stereocenters. The Bertz CT molecular complexity index is 1220. The van der Waals surface area contributed by atoms with Crippen LogP contribution in [0.5, 0.6) is 11.5 Å². The van der Waals surface area contributed by atoms with E-state index in [1.165, 1.54) is 48.5 Å². The Morgan fingerprint density at radius 1 is 0.882 bits per heavy atom. The number of halogens is 1. The number of amides is 1. The monoisotopic (exact) mass is 504 g/mol. The normalized spacial score (nSPS) is 11.9. The first-order chi connectivity index (χ1) is 16.2. The second kappa shape index (κ2) is 11.5. The number of ether oxygens (including phenoxy) is 2. The zero-order chi connectivity index (χ0) is 24.6. The molecule has 34 heavy (non-hydrogen) atoms. The van der Waals surface area contributed by atoms with E-state index in [0.717, 1.165) is 0 Å². The van der Waals surface area contributed by atoms with Crippen LogP contribution >= 0.6 is 11.6 Å². The number of anilines is 1. The summed E-state index contributed by atoms with van der Waals surface area (Å²) in [6, 6.07) is 18.8.